The first-order valence-corrected chi connectivity index (χ1v) is 32.2. The third-order valence-corrected chi connectivity index (χ3v) is 24.3. The maximum Gasteiger partial charge on any atom is 0.184 e. The van der Waals surface area contributed by atoms with Gasteiger partial charge >= 0.3 is 0 Å². The van der Waals surface area contributed by atoms with Crippen molar-refractivity contribution in [3.05, 3.63) is 229 Å². The van der Waals surface area contributed by atoms with Gasteiger partial charge in [-0.25, -0.2) is 0 Å². The summed E-state index contributed by atoms with van der Waals surface area (Å²) in [7, 11) is -3.42. The first-order valence-electron chi connectivity index (χ1n) is 28.3. The average molecular weight is 1050 g/mol. The Labute approximate surface area is 456 Å². The second-order valence-electron chi connectivity index (χ2n) is 20.7. The average Bonchev–Trinajstić information content (AvgIpc) is 3.48. The van der Waals surface area contributed by atoms with Crippen molar-refractivity contribution in [3.63, 3.8) is 0 Å². The summed E-state index contributed by atoms with van der Waals surface area (Å²) in [5.74, 6) is 0.000713. The van der Waals surface area contributed by atoms with Crippen molar-refractivity contribution >= 4 is 69.5 Å². The Kier molecular flexibility index (Phi) is 23.1. The number of benzene rings is 6. The summed E-state index contributed by atoms with van der Waals surface area (Å²) in [5.41, 5.74) is 2.50. The van der Waals surface area contributed by atoms with Gasteiger partial charge in [0.2, 0.25) is 0 Å². The molecule has 2 aliphatic rings. The van der Waals surface area contributed by atoms with Gasteiger partial charge in [0.25, 0.3) is 0 Å². The van der Waals surface area contributed by atoms with Gasteiger partial charge < -0.3 is 0 Å². The van der Waals surface area contributed by atoms with Gasteiger partial charge in [0, 0.05) is 22.3 Å². The summed E-state index contributed by atoms with van der Waals surface area (Å²) >= 11 is 0. The van der Waals surface area contributed by atoms with Crippen LogP contribution in [0.3, 0.4) is 0 Å². The van der Waals surface area contributed by atoms with Crippen LogP contribution in [0.4, 0.5) is 0 Å². The molecule has 0 radical (unpaired) electrons. The zero-order valence-electron chi connectivity index (χ0n) is 45.3. The fourth-order valence-electron chi connectivity index (χ4n) is 11.1. The van der Waals surface area contributed by atoms with Crippen LogP contribution in [-0.2, 0) is 19.2 Å². The molecule has 0 spiro atoms. The van der Waals surface area contributed by atoms with Crippen LogP contribution in [0.2, 0.25) is 0 Å². The molecule has 6 aromatic rings. The highest BCUT2D eigenvalue weighted by Gasteiger charge is 2.45. The highest BCUT2D eigenvalue weighted by Crippen LogP contribution is 2.57. The van der Waals surface area contributed by atoms with Gasteiger partial charge in [-0.1, -0.05) is 173 Å². The lowest BCUT2D eigenvalue weighted by molar-refractivity contribution is -0.115. The molecule has 8 rings (SSSR count). The van der Waals surface area contributed by atoms with Gasteiger partial charge in [-0.2, -0.15) is 0 Å². The molecule has 0 fully saturated rings. The highest BCUT2D eigenvalue weighted by atomic mass is 31.2. The molecule has 0 heterocycles. The monoisotopic (exact) mass is 1050 g/mol. The minimum Gasteiger partial charge on any atom is -0.290 e. The van der Waals surface area contributed by atoms with Crippen molar-refractivity contribution in [1.82, 2.24) is 0 Å². The number of allylic oxidation sites excluding steroid dienone is 8. The van der Waals surface area contributed by atoms with E-state index in [0.717, 1.165) is 38.5 Å². The lowest BCUT2D eigenvalue weighted by Gasteiger charge is -2.27. The predicted molar refractivity (Wildman–Crippen MR) is 327 cm³/mol. The van der Waals surface area contributed by atoms with Gasteiger partial charge in [-0.3, -0.25) is 19.2 Å². The number of unbranched alkanes of at least 4 members (excludes halogenated alkanes) is 14. The van der Waals surface area contributed by atoms with E-state index >= 15 is 0 Å². The maximum atomic E-state index is 12.2. The van der Waals surface area contributed by atoms with Gasteiger partial charge in [0.05, 0.1) is 12.3 Å². The highest BCUT2D eigenvalue weighted by molar-refractivity contribution is 7.96. The van der Waals surface area contributed by atoms with Gasteiger partial charge in [0.1, 0.15) is 46.4 Å². The van der Waals surface area contributed by atoms with E-state index in [1.165, 1.54) is 139 Å². The molecule has 0 N–H and O–H groups in total. The van der Waals surface area contributed by atoms with Crippen LogP contribution in [-0.4, -0.2) is 35.5 Å². The summed E-state index contributed by atoms with van der Waals surface area (Å²) in [4.78, 5) is 47.8. The van der Waals surface area contributed by atoms with Crippen molar-refractivity contribution in [2.24, 2.45) is 0 Å². The summed E-state index contributed by atoms with van der Waals surface area (Å²) in [6, 6.07) is 66.9. The number of ketones is 4. The molecular weight excluding hydrogens is 967 g/mol. The molecule has 0 bridgehead atoms. The number of rotatable bonds is 28. The zero-order chi connectivity index (χ0) is 53.3. The van der Waals surface area contributed by atoms with E-state index in [1.807, 2.05) is 0 Å². The molecule has 4 nitrogen and oxygen atoms in total. The van der Waals surface area contributed by atoms with Crippen LogP contribution in [0.25, 0.3) is 0 Å². The topological polar surface area (TPSA) is 68.3 Å². The van der Waals surface area contributed by atoms with E-state index in [-0.39, 0.29) is 23.1 Å². The van der Waals surface area contributed by atoms with Crippen LogP contribution < -0.4 is 31.8 Å². The molecule has 0 atom stereocenters. The van der Waals surface area contributed by atoms with Crippen LogP contribution in [0.5, 0.6) is 0 Å². The van der Waals surface area contributed by atoms with E-state index < -0.39 is 14.5 Å². The quantitative estimate of drug-likeness (QED) is 0.0279. The first kappa shape index (κ1) is 57.5. The van der Waals surface area contributed by atoms with Crippen molar-refractivity contribution in [2.45, 2.75) is 129 Å². The molecule has 0 saturated heterocycles. The van der Waals surface area contributed by atoms with E-state index in [1.54, 1.807) is 19.9 Å². The number of hydrogen-bond donors (Lipinski definition) is 0. The standard InChI is InChI=1S/2C35H40O2P/c1-29-27-31(36)28-30(35(29)37)19-11-6-4-2-3-5-7-18-26-38(32-20-12-8-13-21-32,33-22-14-9-15-23-33)34-24-16-10-17-25-34;1-29-27-35(37)30(28-34(29)36)19-11-6-4-2-3-5-7-18-26-38(31-20-12-8-13-21-31,32-22-14-9-15-23-32)33-24-16-10-17-25-33/h2*8-10,12-17,20-25,27-28H,2-7,11,18-19,26H2,1H3/q2*+1. The van der Waals surface area contributed by atoms with E-state index in [4.69, 9.17) is 0 Å². The summed E-state index contributed by atoms with van der Waals surface area (Å²) in [5, 5.41) is 8.81. The zero-order valence-corrected chi connectivity index (χ0v) is 47.1. The molecule has 0 aliphatic heterocycles. The lowest BCUT2D eigenvalue weighted by atomic mass is 9.93. The summed E-state index contributed by atoms with van der Waals surface area (Å²) in [6.45, 7) is 3.44. The Hall–Kier alpha value is -6.18. The number of carbonyl (C=O) groups is 4. The Morgan fingerprint density at radius 1 is 0.276 bits per heavy atom. The van der Waals surface area contributed by atoms with E-state index in [9.17, 15) is 19.2 Å². The minimum atomic E-state index is -1.71. The number of carbonyl (C=O) groups excluding carboxylic acids is 4. The van der Waals surface area contributed by atoms with Crippen molar-refractivity contribution in [3.8, 4) is 0 Å². The smallest absolute Gasteiger partial charge is 0.184 e. The molecule has 392 valence electrons. The van der Waals surface area contributed by atoms with E-state index in [2.05, 4.69) is 182 Å². The Morgan fingerprint density at radius 2 is 0.566 bits per heavy atom. The minimum absolute atomic E-state index is 0.0159. The predicted octanol–water partition coefficient (Wildman–Crippen LogP) is 15.0. The normalized spacial score (nSPS) is 13.8. The lowest BCUT2D eigenvalue weighted by Crippen LogP contribution is -2.33. The van der Waals surface area contributed by atoms with E-state index in [0.29, 0.717) is 22.3 Å². The van der Waals surface area contributed by atoms with Crippen LogP contribution in [0.1, 0.15) is 129 Å². The maximum absolute atomic E-state index is 12.2. The van der Waals surface area contributed by atoms with Crippen LogP contribution >= 0.6 is 14.5 Å². The van der Waals surface area contributed by atoms with Gasteiger partial charge in [-0.15, -0.1) is 0 Å². The van der Waals surface area contributed by atoms with Gasteiger partial charge in [-0.05, 0) is 162 Å². The number of hydrogen-bond acceptors (Lipinski definition) is 4. The summed E-state index contributed by atoms with van der Waals surface area (Å²) < 4.78 is 0. The number of Topliss-reactive ketones (excluding diaryl/α,β-unsaturated/α-hetero) is 1. The first-order chi connectivity index (χ1) is 37.2. The van der Waals surface area contributed by atoms with Crippen LogP contribution in [0, 0.1) is 0 Å². The molecule has 2 aliphatic carbocycles. The van der Waals surface area contributed by atoms with Crippen molar-refractivity contribution < 1.29 is 19.2 Å². The summed E-state index contributed by atoms with van der Waals surface area (Å²) in [6.07, 6.45) is 28.9. The second-order valence-corrected chi connectivity index (χ2v) is 27.9. The molecule has 0 aromatic heterocycles. The Morgan fingerprint density at radius 3 is 0.895 bits per heavy atom. The fraction of sp³-hybridized carbons (Fsp3) is 0.314. The SMILES string of the molecule is CC1=CC(=O)C(CCCCCCCCCC[P+](c2ccccc2)(c2ccccc2)c2ccccc2)=CC1=O.CC1=CC(=O)C=C(CCCCCCCCCC[P+](c2ccccc2)(c2ccccc2)c2ccccc2)C1=O. The molecule has 0 saturated carbocycles. The Bertz CT molecular complexity index is 2690. The third-order valence-electron chi connectivity index (χ3n) is 15.2. The third kappa shape index (κ3) is 15.9. The molecule has 6 aromatic carbocycles. The largest absolute Gasteiger partial charge is 0.290 e. The molecular formula is C70H80O4P2+2. The Balaban J connectivity index is 0.000000221. The van der Waals surface area contributed by atoms with Crippen molar-refractivity contribution in [1.29, 1.82) is 0 Å². The second kappa shape index (κ2) is 30.5. The molecule has 0 unspecified atom stereocenters. The molecule has 0 amide bonds. The van der Waals surface area contributed by atoms with Gasteiger partial charge in [0.15, 0.2) is 23.1 Å². The molecule has 6 heteroatoms. The fourth-order valence-corrected chi connectivity index (χ4v) is 19.9. The van der Waals surface area contributed by atoms with Crippen LogP contribution in [0.15, 0.2) is 229 Å². The molecule has 76 heavy (non-hydrogen) atoms. The van der Waals surface area contributed by atoms with Crippen molar-refractivity contribution in [2.75, 3.05) is 12.3 Å².